The Morgan fingerprint density at radius 2 is 2.07 bits per heavy atom. The normalized spacial score (nSPS) is 18.4. The number of hydrogen-bond acceptors (Lipinski definition) is 2. The van der Waals surface area contributed by atoms with Gasteiger partial charge in [0.15, 0.2) is 0 Å². The summed E-state index contributed by atoms with van der Waals surface area (Å²) in [6.45, 7) is 9.77. The molecule has 1 N–H and O–H groups in total. The average molecular weight is 213 g/mol. The van der Waals surface area contributed by atoms with Gasteiger partial charge in [-0.3, -0.25) is 0 Å². The third kappa shape index (κ3) is 6.16. The van der Waals surface area contributed by atoms with Crippen molar-refractivity contribution in [1.29, 1.82) is 0 Å². The molecule has 1 unspecified atom stereocenters. The number of nitrogens with one attached hydrogen (secondary N) is 1. The largest absolute Gasteiger partial charge is 0.377 e. The van der Waals surface area contributed by atoms with Crippen LogP contribution in [-0.4, -0.2) is 25.8 Å². The zero-order valence-electron chi connectivity index (χ0n) is 10.6. The van der Waals surface area contributed by atoms with E-state index in [1.165, 1.54) is 25.7 Å². The summed E-state index contributed by atoms with van der Waals surface area (Å²) in [7, 11) is 0. The van der Waals surface area contributed by atoms with E-state index in [9.17, 15) is 0 Å². The van der Waals surface area contributed by atoms with Crippen LogP contribution in [0.4, 0.5) is 0 Å². The van der Waals surface area contributed by atoms with Gasteiger partial charge in [0, 0.05) is 13.2 Å². The lowest BCUT2D eigenvalue weighted by Crippen LogP contribution is -2.33. The van der Waals surface area contributed by atoms with Gasteiger partial charge >= 0.3 is 0 Å². The summed E-state index contributed by atoms with van der Waals surface area (Å²) in [6, 6.07) is 0. The molecule has 1 saturated carbocycles. The Labute approximate surface area is 94.8 Å². The molecule has 2 heteroatoms. The van der Waals surface area contributed by atoms with Crippen molar-refractivity contribution in [3.8, 4) is 0 Å². The molecule has 0 spiro atoms. The van der Waals surface area contributed by atoms with Crippen LogP contribution in [-0.2, 0) is 4.74 Å². The number of rotatable bonds is 9. The first kappa shape index (κ1) is 13.0. The lowest BCUT2D eigenvalue weighted by molar-refractivity contribution is 0.0199. The summed E-state index contributed by atoms with van der Waals surface area (Å²) < 4.78 is 5.94. The number of hydrogen-bond donors (Lipinski definition) is 1. The molecule has 0 saturated heterocycles. The summed E-state index contributed by atoms with van der Waals surface area (Å²) >= 11 is 0. The molecule has 15 heavy (non-hydrogen) atoms. The summed E-state index contributed by atoms with van der Waals surface area (Å²) in [5.74, 6) is 1.61. The molecule has 1 fully saturated rings. The maximum atomic E-state index is 5.94. The molecule has 1 atom stereocenters. The zero-order valence-corrected chi connectivity index (χ0v) is 10.6. The van der Waals surface area contributed by atoms with Gasteiger partial charge in [0.2, 0.25) is 0 Å². The van der Waals surface area contributed by atoms with E-state index in [1.54, 1.807) is 0 Å². The second-order valence-corrected chi connectivity index (χ2v) is 5.09. The third-order valence-electron chi connectivity index (χ3n) is 3.07. The van der Waals surface area contributed by atoms with Crippen molar-refractivity contribution in [2.24, 2.45) is 11.8 Å². The van der Waals surface area contributed by atoms with Gasteiger partial charge in [-0.15, -0.1) is 0 Å². The van der Waals surface area contributed by atoms with E-state index in [-0.39, 0.29) is 0 Å². The molecule has 0 amide bonds. The lowest BCUT2D eigenvalue weighted by Gasteiger charge is -2.22. The maximum absolute atomic E-state index is 5.94. The molecule has 0 aromatic carbocycles. The topological polar surface area (TPSA) is 21.3 Å². The van der Waals surface area contributed by atoms with Crippen LogP contribution in [0.1, 0.15) is 46.5 Å². The van der Waals surface area contributed by atoms with Gasteiger partial charge in [-0.2, -0.15) is 0 Å². The van der Waals surface area contributed by atoms with Crippen LogP contribution in [0.2, 0.25) is 0 Å². The van der Waals surface area contributed by atoms with Gasteiger partial charge in [-0.1, -0.05) is 33.6 Å². The highest BCUT2D eigenvalue weighted by atomic mass is 16.5. The van der Waals surface area contributed by atoms with Crippen LogP contribution in [0.3, 0.4) is 0 Å². The smallest absolute Gasteiger partial charge is 0.0722 e. The predicted octanol–water partition coefficient (Wildman–Crippen LogP) is 2.83. The van der Waals surface area contributed by atoms with Crippen molar-refractivity contribution < 1.29 is 4.74 Å². The summed E-state index contributed by atoms with van der Waals surface area (Å²) in [5, 5.41) is 3.45. The van der Waals surface area contributed by atoms with Gasteiger partial charge in [-0.05, 0) is 31.2 Å². The highest BCUT2D eigenvalue weighted by Gasteiger charge is 2.21. The fourth-order valence-electron chi connectivity index (χ4n) is 1.70. The molecular weight excluding hydrogens is 186 g/mol. The highest BCUT2D eigenvalue weighted by Crippen LogP contribution is 2.32. The SMILES string of the molecule is CCCNCC(OCCC1CC1)C(C)C. The summed E-state index contributed by atoms with van der Waals surface area (Å²) in [4.78, 5) is 0. The monoisotopic (exact) mass is 213 g/mol. The average Bonchev–Trinajstić information content (AvgIpc) is 2.99. The van der Waals surface area contributed by atoms with E-state index in [1.807, 2.05) is 0 Å². The Bertz CT molecular complexity index is 155. The van der Waals surface area contributed by atoms with E-state index in [0.717, 1.165) is 25.6 Å². The molecule has 0 aliphatic heterocycles. The molecular formula is C13H27NO. The van der Waals surface area contributed by atoms with Crippen molar-refractivity contribution in [2.45, 2.75) is 52.6 Å². The predicted molar refractivity (Wildman–Crippen MR) is 65.1 cm³/mol. The second-order valence-electron chi connectivity index (χ2n) is 5.09. The van der Waals surface area contributed by atoms with Crippen molar-refractivity contribution in [1.82, 2.24) is 5.32 Å². The molecule has 0 radical (unpaired) electrons. The molecule has 0 heterocycles. The second kappa shape index (κ2) is 7.24. The summed E-state index contributed by atoms with van der Waals surface area (Å²) in [6.07, 6.45) is 5.74. The van der Waals surface area contributed by atoms with E-state index in [0.29, 0.717) is 12.0 Å². The van der Waals surface area contributed by atoms with Crippen molar-refractivity contribution in [3.05, 3.63) is 0 Å². The van der Waals surface area contributed by atoms with Crippen LogP contribution in [0.5, 0.6) is 0 Å². The minimum atomic E-state index is 0.398. The molecule has 1 aliphatic carbocycles. The van der Waals surface area contributed by atoms with Crippen LogP contribution < -0.4 is 5.32 Å². The van der Waals surface area contributed by atoms with E-state index in [4.69, 9.17) is 4.74 Å². The first-order valence-electron chi connectivity index (χ1n) is 6.56. The van der Waals surface area contributed by atoms with Gasteiger partial charge in [-0.25, -0.2) is 0 Å². The molecule has 90 valence electrons. The van der Waals surface area contributed by atoms with Crippen molar-refractivity contribution in [3.63, 3.8) is 0 Å². The van der Waals surface area contributed by atoms with Crippen LogP contribution in [0.15, 0.2) is 0 Å². The minimum Gasteiger partial charge on any atom is -0.377 e. The number of ether oxygens (including phenoxy) is 1. The van der Waals surface area contributed by atoms with Crippen LogP contribution in [0.25, 0.3) is 0 Å². The molecule has 1 rings (SSSR count). The van der Waals surface area contributed by atoms with Crippen molar-refractivity contribution >= 4 is 0 Å². The lowest BCUT2D eigenvalue weighted by atomic mass is 10.1. The molecule has 1 aliphatic rings. The van der Waals surface area contributed by atoms with Gasteiger partial charge in [0.05, 0.1) is 6.10 Å². The fraction of sp³-hybridized carbons (Fsp3) is 1.00. The standard InChI is InChI=1S/C13H27NO/c1-4-8-14-10-13(11(2)3)15-9-7-12-5-6-12/h11-14H,4-10H2,1-3H3. The minimum absolute atomic E-state index is 0.398. The van der Waals surface area contributed by atoms with Crippen LogP contribution >= 0.6 is 0 Å². The van der Waals surface area contributed by atoms with Gasteiger partial charge in [0.25, 0.3) is 0 Å². The molecule has 0 aromatic rings. The van der Waals surface area contributed by atoms with E-state index < -0.39 is 0 Å². The Morgan fingerprint density at radius 1 is 1.33 bits per heavy atom. The first-order chi connectivity index (χ1) is 7.24. The fourth-order valence-corrected chi connectivity index (χ4v) is 1.70. The third-order valence-corrected chi connectivity index (χ3v) is 3.07. The van der Waals surface area contributed by atoms with Gasteiger partial charge in [0.1, 0.15) is 0 Å². The zero-order chi connectivity index (χ0) is 11.1. The van der Waals surface area contributed by atoms with Gasteiger partial charge < -0.3 is 10.1 Å². The Hall–Kier alpha value is -0.0800. The molecule has 0 aromatic heterocycles. The Balaban J connectivity index is 2.05. The summed E-state index contributed by atoms with van der Waals surface area (Å²) in [5.41, 5.74) is 0. The Morgan fingerprint density at radius 3 is 2.60 bits per heavy atom. The quantitative estimate of drug-likeness (QED) is 0.595. The highest BCUT2D eigenvalue weighted by molar-refractivity contribution is 4.73. The first-order valence-corrected chi connectivity index (χ1v) is 6.56. The molecule has 2 nitrogen and oxygen atoms in total. The maximum Gasteiger partial charge on any atom is 0.0722 e. The van der Waals surface area contributed by atoms with Crippen molar-refractivity contribution in [2.75, 3.05) is 19.7 Å². The Kier molecular flexibility index (Phi) is 6.26. The molecule has 0 bridgehead atoms. The van der Waals surface area contributed by atoms with E-state index in [2.05, 4.69) is 26.1 Å². The van der Waals surface area contributed by atoms with E-state index >= 15 is 0 Å². The van der Waals surface area contributed by atoms with Crippen LogP contribution in [0, 0.1) is 11.8 Å².